The molecular weight excluding hydrogens is 338 g/mol. The Kier molecular flexibility index (Phi) is 4.34. The second-order valence-electron chi connectivity index (χ2n) is 7.62. The Bertz CT molecular complexity index is 833. The molecule has 140 valence electrons. The van der Waals surface area contributed by atoms with Gasteiger partial charge in [-0.15, -0.1) is 0 Å². The van der Waals surface area contributed by atoms with E-state index in [2.05, 4.69) is 53.1 Å². The summed E-state index contributed by atoms with van der Waals surface area (Å²) >= 11 is 0. The van der Waals surface area contributed by atoms with E-state index in [1.165, 1.54) is 11.1 Å². The average Bonchev–Trinajstić information content (AvgIpc) is 3.24. The molecule has 5 rings (SSSR count). The number of benzene rings is 2. The molecule has 27 heavy (non-hydrogen) atoms. The second-order valence-corrected chi connectivity index (χ2v) is 7.62. The third kappa shape index (κ3) is 3.01. The number of amides is 1. The minimum atomic E-state index is 0.112. The van der Waals surface area contributed by atoms with Crippen LogP contribution in [0.2, 0.25) is 0 Å². The number of carbonyl (C=O) groups is 1. The van der Waals surface area contributed by atoms with E-state index < -0.39 is 0 Å². The van der Waals surface area contributed by atoms with Gasteiger partial charge in [-0.2, -0.15) is 0 Å². The number of anilines is 1. The van der Waals surface area contributed by atoms with Crippen LogP contribution in [0.4, 0.5) is 5.69 Å². The Balaban J connectivity index is 1.47. The lowest BCUT2D eigenvalue weighted by atomic mass is 9.80. The number of fused-ring (bicyclic) bond motifs is 3. The zero-order chi connectivity index (χ0) is 18.2. The predicted octanol–water partition coefficient (Wildman–Crippen LogP) is 2.98. The second kappa shape index (κ2) is 6.98. The maximum Gasteiger partial charge on any atom is 0.254 e. The molecule has 2 fully saturated rings. The molecule has 0 radical (unpaired) electrons. The molecule has 2 aromatic rings. The molecule has 2 aromatic carbocycles. The first-order valence-electron chi connectivity index (χ1n) is 9.87. The lowest BCUT2D eigenvalue weighted by molar-refractivity contribution is 0.0303. The van der Waals surface area contributed by atoms with Crippen LogP contribution >= 0.6 is 0 Å². The summed E-state index contributed by atoms with van der Waals surface area (Å²) in [5, 5.41) is 7.42. The van der Waals surface area contributed by atoms with E-state index in [1.54, 1.807) is 0 Å². The highest BCUT2D eigenvalue weighted by atomic mass is 16.5. The predicted molar refractivity (Wildman–Crippen MR) is 105 cm³/mol. The molecule has 0 spiro atoms. The quantitative estimate of drug-likeness (QED) is 0.861. The molecule has 0 aliphatic carbocycles. The standard InChI is InChI=1S/C22H25N3O2/c26-22(25-10-12-27-13-11-25)16-6-7-19-18(14-16)21-17(8-9-23-21)20(24-19)15-4-2-1-3-5-15/h1-7,14,17,20-21,23-24H,8-13H2. The maximum atomic E-state index is 12.9. The van der Waals surface area contributed by atoms with Crippen LogP contribution in [0.15, 0.2) is 48.5 Å². The summed E-state index contributed by atoms with van der Waals surface area (Å²) in [7, 11) is 0. The third-order valence-electron chi connectivity index (χ3n) is 6.10. The van der Waals surface area contributed by atoms with Crippen LogP contribution in [0.1, 0.15) is 40.0 Å². The van der Waals surface area contributed by atoms with Crippen molar-refractivity contribution in [2.45, 2.75) is 18.5 Å². The van der Waals surface area contributed by atoms with Crippen molar-refractivity contribution < 1.29 is 9.53 Å². The first-order chi connectivity index (χ1) is 13.3. The molecule has 5 heteroatoms. The summed E-state index contributed by atoms with van der Waals surface area (Å²) < 4.78 is 5.37. The van der Waals surface area contributed by atoms with Gasteiger partial charge in [0.25, 0.3) is 5.91 Å². The van der Waals surface area contributed by atoms with Gasteiger partial charge in [0, 0.05) is 36.3 Å². The Morgan fingerprint density at radius 2 is 1.85 bits per heavy atom. The molecule has 3 atom stereocenters. The summed E-state index contributed by atoms with van der Waals surface area (Å²) in [6.07, 6.45) is 1.14. The molecule has 0 bridgehead atoms. The molecule has 2 N–H and O–H groups in total. The number of rotatable bonds is 2. The highest BCUT2D eigenvalue weighted by Gasteiger charge is 2.40. The van der Waals surface area contributed by atoms with Crippen molar-refractivity contribution in [3.8, 4) is 0 Å². The third-order valence-corrected chi connectivity index (χ3v) is 6.10. The SMILES string of the molecule is O=C(c1ccc2c(c1)C1NCCC1C(c1ccccc1)N2)N1CCOCC1. The molecule has 5 nitrogen and oxygen atoms in total. The summed E-state index contributed by atoms with van der Waals surface area (Å²) in [5.41, 5.74) is 4.47. The van der Waals surface area contributed by atoms with Crippen molar-refractivity contribution >= 4 is 11.6 Å². The maximum absolute atomic E-state index is 12.9. The van der Waals surface area contributed by atoms with Crippen LogP contribution in [-0.4, -0.2) is 43.7 Å². The molecule has 2 saturated heterocycles. The normalized spacial score (nSPS) is 26.8. The fraction of sp³-hybridized carbons (Fsp3) is 0.409. The van der Waals surface area contributed by atoms with Crippen molar-refractivity contribution in [2.24, 2.45) is 5.92 Å². The summed E-state index contributed by atoms with van der Waals surface area (Å²) in [6.45, 7) is 3.62. The van der Waals surface area contributed by atoms with Crippen LogP contribution in [0.5, 0.6) is 0 Å². The fourth-order valence-corrected chi connectivity index (χ4v) is 4.72. The average molecular weight is 363 g/mol. The fourth-order valence-electron chi connectivity index (χ4n) is 4.72. The smallest absolute Gasteiger partial charge is 0.254 e. The van der Waals surface area contributed by atoms with E-state index >= 15 is 0 Å². The van der Waals surface area contributed by atoms with Crippen molar-refractivity contribution in [3.05, 3.63) is 65.2 Å². The Morgan fingerprint density at radius 3 is 2.67 bits per heavy atom. The van der Waals surface area contributed by atoms with Crippen LogP contribution in [0.3, 0.4) is 0 Å². The zero-order valence-corrected chi connectivity index (χ0v) is 15.4. The lowest BCUT2D eigenvalue weighted by Crippen LogP contribution is -2.41. The van der Waals surface area contributed by atoms with Gasteiger partial charge in [0.15, 0.2) is 0 Å². The number of morpholine rings is 1. The molecule has 3 heterocycles. The number of nitrogens with one attached hydrogen (secondary N) is 2. The van der Waals surface area contributed by atoms with E-state index in [1.807, 2.05) is 11.0 Å². The summed E-state index contributed by atoms with van der Waals surface area (Å²) in [6, 6.07) is 17.4. The number of carbonyl (C=O) groups excluding carboxylic acids is 1. The van der Waals surface area contributed by atoms with E-state index in [-0.39, 0.29) is 5.91 Å². The number of ether oxygens (including phenoxy) is 1. The Morgan fingerprint density at radius 1 is 1.04 bits per heavy atom. The molecule has 3 aliphatic rings. The lowest BCUT2D eigenvalue weighted by Gasteiger charge is -2.37. The zero-order valence-electron chi connectivity index (χ0n) is 15.4. The first kappa shape index (κ1) is 16.8. The topological polar surface area (TPSA) is 53.6 Å². The van der Waals surface area contributed by atoms with Crippen molar-refractivity contribution in [2.75, 3.05) is 38.2 Å². The molecule has 3 unspecified atom stereocenters. The number of nitrogens with zero attached hydrogens (tertiary/aromatic N) is 1. The largest absolute Gasteiger partial charge is 0.378 e. The Labute approximate surface area is 159 Å². The molecule has 3 aliphatic heterocycles. The van der Waals surface area contributed by atoms with Gasteiger partial charge in [-0.05, 0) is 42.3 Å². The van der Waals surface area contributed by atoms with Gasteiger partial charge in [-0.1, -0.05) is 30.3 Å². The van der Waals surface area contributed by atoms with Gasteiger partial charge in [0.2, 0.25) is 0 Å². The van der Waals surface area contributed by atoms with Crippen LogP contribution in [-0.2, 0) is 4.74 Å². The van der Waals surface area contributed by atoms with E-state index in [9.17, 15) is 4.79 Å². The summed E-state index contributed by atoms with van der Waals surface area (Å²) in [5.74, 6) is 0.606. The van der Waals surface area contributed by atoms with Crippen molar-refractivity contribution in [3.63, 3.8) is 0 Å². The molecule has 0 saturated carbocycles. The molecular formula is C22H25N3O2. The van der Waals surface area contributed by atoms with Crippen LogP contribution < -0.4 is 10.6 Å². The van der Waals surface area contributed by atoms with Gasteiger partial charge in [-0.25, -0.2) is 0 Å². The minimum Gasteiger partial charge on any atom is -0.378 e. The van der Waals surface area contributed by atoms with E-state index in [4.69, 9.17) is 4.74 Å². The monoisotopic (exact) mass is 363 g/mol. The highest BCUT2D eigenvalue weighted by Crippen LogP contribution is 2.47. The van der Waals surface area contributed by atoms with Gasteiger partial charge in [0.05, 0.1) is 19.3 Å². The van der Waals surface area contributed by atoms with Crippen LogP contribution in [0, 0.1) is 5.92 Å². The van der Waals surface area contributed by atoms with E-state index in [0.717, 1.165) is 24.2 Å². The molecule has 1 amide bonds. The highest BCUT2D eigenvalue weighted by molar-refractivity contribution is 5.95. The number of hydrogen-bond donors (Lipinski definition) is 2. The van der Waals surface area contributed by atoms with E-state index in [0.29, 0.717) is 44.3 Å². The van der Waals surface area contributed by atoms with Crippen molar-refractivity contribution in [1.29, 1.82) is 0 Å². The minimum absolute atomic E-state index is 0.112. The van der Waals surface area contributed by atoms with Gasteiger partial charge in [-0.3, -0.25) is 4.79 Å². The van der Waals surface area contributed by atoms with Crippen LogP contribution in [0.25, 0.3) is 0 Å². The molecule has 0 aromatic heterocycles. The van der Waals surface area contributed by atoms with Gasteiger partial charge >= 0.3 is 0 Å². The summed E-state index contributed by atoms with van der Waals surface area (Å²) in [4.78, 5) is 14.8. The van der Waals surface area contributed by atoms with Gasteiger partial charge < -0.3 is 20.3 Å². The van der Waals surface area contributed by atoms with Gasteiger partial charge in [0.1, 0.15) is 0 Å². The first-order valence-corrected chi connectivity index (χ1v) is 9.87. The number of hydrogen-bond acceptors (Lipinski definition) is 4. The van der Waals surface area contributed by atoms with Crippen molar-refractivity contribution in [1.82, 2.24) is 10.2 Å². The Hall–Kier alpha value is -2.37.